The fourth-order valence-electron chi connectivity index (χ4n) is 3.83. The van der Waals surface area contributed by atoms with Gasteiger partial charge in [0, 0.05) is 18.0 Å². The molecule has 4 nitrogen and oxygen atoms in total. The summed E-state index contributed by atoms with van der Waals surface area (Å²) in [5.74, 6) is 0.147. The summed E-state index contributed by atoms with van der Waals surface area (Å²) in [6, 6.07) is 0.381. The van der Waals surface area contributed by atoms with Crippen LogP contribution in [0.15, 0.2) is 12.7 Å². The highest BCUT2D eigenvalue weighted by Gasteiger charge is 2.34. The van der Waals surface area contributed by atoms with Gasteiger partial charge >= 0.3 is 0 Å². The summed E-state index contributed by atoms with van der Waals surface area (Å²) in [7, 11) is 0. The van der Waals surface area contributed by atoms with Crippen LogP contribution in [0, 0.1) is 5.41 Å². The van der Waals surface area contributed by atoms with Crippen molar-refractivity contribution < 1.29 is 9.90 Å². The van der Waals surface area contributed by atoms with E-state index in [9.17, 15) is 9.90 Å². The minimum Gasteiger partial charge on any atom is -0.396 e. The van der Waals surface area contributed by atoms with Gasteiger partial charge in [-0.1, -0.05) is 25.3 Å². The number of allylic oxidation sites excluding steroid dienone is 1. The summed E-state index contributed by atoms with van der Waals surface area (Å²) in [5.41, 5.74) is -0.0921. The molecule has 0 radical (unpaired) electrons. The van der Waals surface area contributed by atoms with Crippen LogP contribution < -0.4 is 5.32 Å². The van der Waals surface area contributed by atoms with Gasteiger partial charge in [-0.15, -0.1) is 6.58 Å². The number of hydrogen-bond donors (Lipinski definition) is 2. The van der Waals surface area contributed by atoms with Crippen molar-refractivity contribution in [3.8, 4) is 0 Å². The Kier molecular flexibility index (Phi) is 6.24. The van der Waals surface area contributed by atoms with Crippen molar-refractivity contribution in [3.05, 3.63) is 12.7 Å². The van der Waals surface area contributed by atoms with Crippen LogP contribution in [-0.2, 0) is 4.79 Å². The van der Waals surface area contributed by atoms with Crippen LogP contribution in [0.5, 0.6) is 0 Å². The maximum Gasteiger partial charge on any atom is 0.234 e. The van der Waals surface area contributed by atoms with Gasteiger partial charge in [-0.25, -0.2) is 0 Å². The minimum absolute atomic E-state index is 0.0921. The molecular weight excluding hydrogens is 264 g/mol. The van der Waals surface area contributed by atoms with Crippen molar-refractivity contribution in [1.82, 2.24) is 10.2 Å². The topological polar surface area (TPSA) is 52.6 Å². The Morgan fingerprint density at radius 1 is 1.33 bits per heavy atom. The number of hydrogen-bond acceptors (Lipinski definition) is 3. The van der Waals surface area contributed by atoms with E-state index in [4.69, 9.17) is 0 Å². The second-order valence-electron chi connectivity index (χ2n) is 6.87. The predicted octanol–water partition coefficient (Wildman–Crippen LogP) is 2.09. The minimum atomic E-state index is -0.0921. The number of piperidine rings is 1. The van der Waals surface area contributed by atoms with E-state index in [0.717, 1.165) is 45.2 Å². The van der Waals surface area contributed by atoms with Crippen LogP contribution in [0.1, 0.15) is 51.4 Å². The second kappa shape index (κ2) is 7.95. The Morgan fingerprint density at radius 3 is 2.76 bits per heavy atom. The highest BCUT2D eigenvalue weighted by Crippen LogP contribution is 2.33. The van der Waals surface area contributed by atoms with Gasteiger partial charge in [0.1, 0.15) is 0 Å². The summed E-state index contributed by atoms with van der Waals surface area (Å²) in [4.78, 5) is 14.4. The highest BCUT2D eigenvalue weighted by atomic mass is 16.3. The Balaban J connectivity index is 1.81. The maximum absolute atomic E-state index is 12.2. The van der Waals surface area contributed by atoms with Gasteiger partial charge in [0.2, 0.25) is 5.91 Å². The van der Waals surface area contributed by atoms with Crippen LogP contribution in [-0.4, -0.2) is 48.2 Å². The lowest BCUT2D eigenvalue weighted by Gasteiger charge is -2.41. The molecule has 21 heavy (non-hydrogen) atoms. The van der Waals surface area contributed by atoms with Crippen molar-refractivity contribution in [1.29, 1.82) is 0 Å². The summed E-state index contributed by atoms with van der Waals surface area (Å²) < 4.78 is 0. The summed E-state index contributed by atoms with van der Waals surface area (Å²) >= 11 is 0. The van der Waals surface area contributed by atoms with Gasteiger partial charge in [0.25, 0.3) is 0 Å². The molecule has 2 N–H and O–H groups in total. The molecule has 2 aliphatic rings. The molecule has 2 rings (SSSR count). The number of carbonyl (C=O) groups excluding carboxylic acids is 1. The molecule has 1 aliphatic carbocycles. The second-order valence-corrected chi connectivity index (χ2v) is 6.87. The molecule has 1 saturated heterocycles. The van der Waals surface area contributed by atoms with Crippen molar-refractivity contribution in [2.45, 2.75) is 57.4 Å². The van der Waals surface area contributed by atoms with Gasteiger partial charge in [0.15, 0.2) is 0 Å². The van der Waals surface area contributed by atoms with Gasteiger partial charge in [-0.05, 0) is 38.6 Å². The van der Waals surface area contributed by atoms with Crippen molar-refractivity contribution in [3.63, 3.8) is 0 Å². The lowest BCUT2D eigenvalue weighted by atomic mass is 9.78. The molecule has 1 heterocycles. The van der Waals surface area contributed by atoms with E-state index >= 15 is 0 Å². The lowest BCUT2D eigenvalue weighted by Crippen LogP contribution is -2.49. The van der Waals surface area contributed by atoms with E-state index in [-0.39, 0.29) is 17.9 Å². The molecule has 0 aromatic rings. The number of rotatable bonds is 6. The monoisotopic (exact) mass is 294 g/mol. The van der Waals surface area contributed by atoms with Gasteiger partial charge < -0.3 is 10.4 Å². The maximum atomic E-state index is 12.2. The lowest BCUT2D eigenvalue weighted by molar-refractivity contribution is -0.124. The van der Waals surface area contributed by atoms with Gasteiger partial charge in [0.05, 0.1) is 13.2 Å². The van der Waals surface area contributed by atoms with Crippen LogP contribution in [0.2, 0.25) is 0 Å². The standard InChI is InChI=1S/C17H30N2O2/c1-2-9-17(14-20)10-6-11-19(13-17)12-16(21)18-15-7-4-3-5-8-15/h2,15,20H,1,3-14H2,(H,18,21)/t17-/m0/s1. The first-order valence-corrected chi connectivity index (χ1v) is 8.41. The van der Waals surface area contributed by atoms with E-state index < -0.39 is 0 Å². The molecule has 0 bridgehead atoms. The van der Waals surface area contributed by atoms with Crippen molar-refractivity contribution >= 4 is 5.91 Å². The number of nitrogens with one attached hydrogen (secondary N) is 1. The fourth-order valence-corrected chi connectivity index (χ4v) is 3.83. The van der Waals surface area contributed by atoms with E-state index in [0.29, 0.717) is 12.6 Å². The average Bonchev–Trinajstić information content (AvgIpc) is 2.49. The van der Waals surface area contributed by atoms with Crippen LogP contribution in [0.4, 0.5) is 0 Å². The van der Waals surface area contributed by atoms with Gasteiger partial charge in [-0.3, -0.25) is 9.69 Å². The summed E-state index contributed by atoms with van der Waals surface area (Å²) in [6.45, 7) is 6.20. The Bertz CT molecular complexity index is 353. The third-order valence-corrected chi connectivity index (χ3v) is 4.99. The molecule has 0 spiro atoms. The molecule has 2 fully saturated rings. The Labute approximate surface area is 128 Å². The molecule has 120 valence electrons. The van der Waals surface area contributed by atoms with Crippen molar-refractivity contribution in [2.24, 2.45) is 5.41 Å². The highest BCUT2D eigenvalue weighted by molar-refractivity contribution is 5.78. The molecule has 4 heteroatoms. The van der Waals surface area contributed by atoms with E-state index in [2.05, 4.69) is 16.8 Å². The molecule has 1 aliphatic heterocycles. The molecule has 0 aromatic carbocycles. The molecular formula is C17H30N2O2. The fraction of sp³-hybridized carbons (Fsp3) is 0.824. The van der Waals surface area contributed by atoms with Gasteiger partial charge in [-0.2, -0.15) is 0 Å². The van der Waals surface area contributed by atoms with Crippen LogP contribution in [0.3, 0.4) is 0 Å². The average molecular weight is 294 g/mol. The smallest absolute Gasteiger partial charge is 0.234 e. The third kappa shape index (κ3) is 4.82. The van der Waals surface area contributed by atoms with Crippen molar-refractivity contribution in [2.75, 3.05) is 26.2 Å². The normalized spacial score (nSPS) is 28.2. The molecule has 1 amide bonds. The number of aliphatic hydroxyl groups is 1. The number of nitrogens with zero attached hydrogens (tertiary/aromatic N) is 1. The molecule has 1 saturated carbocycles. The molecule has 0 aromatic heterocycles. The molecule has 0 unspecified atom stereocenters. The first-order valence-electron chi connectivity index (χ1n) is 8.41. The largest absolute Gasteiger partial charge is 0.396 e. The number of carbonyl (C=O) groups is 1. The van der Waals surface area contributed by atoms with Crippen LogP contribution >= 0.6 is 0 Å². The first kappa shape index (κ1) is 16.5. The molecule has 1 atom stereocenters. The quantitative estimate of drug-likeness (QED) is 0.738. The number of aliphatic hydroxyl groups excluding tert-OH is 1. The zero-order valence-electron chi connectivity index (χ0n) is 13.1. The number of amides is 1. The zero-order chi connectivity index (χ0) is 15.1. The Morgan fingerprint density at radius 2 is 2.10 bits per heavy atom. The predicted molar refractivity (Wildman–Crippen MR) is 85.0 cm³/mol. The Hall–Kier alpha value is -0.870. The van der Waals surface area contributed by atoms with E-state index in [1.165, 1.54) is 19.3 Å². The first-order chi connectivity index (χ1) is 10.2. The van der Waals surface area contributed by atoms with E-state index in [1.807, 2.05) is 6.08 Å². The SMILES string of the molecule is C=CC[C@]1(CO)CCCN(CC(=O)NC2CCCCC2)C1. The summed E-state index contributed by atoms with van der Waals surface area (Å²) in [5, 5.41) is 12.9. The third-order valence-electron chi connectivity index (χ3n) is 4.99. The zero-order valence-corrected chi connectivity index (χ0v) is 13.1. The van der Waals surface area contributed by atoms with Crippen LogP contribution in [0.25, 0.3) is 0 Å². The van der Waals surface area contributed by atoms with E-state index in [1.54, 1.807) is 0 Å². The summed E-state index contributed by atoms with van der Waals surface area (Å²) in [6.07, 6.45) is 10.8. The number of likely N-dealkylation sites (tertiary alicyclic amines) is 1.